The van der Waals surface area contributed by atoms with Crippen LogP contribution in [0.1, 0.15) is 29.2 Å². The molecule has 0 saturated heterocycles. The van der Waals surface area contributed by atoms with Gasteiger partial charge in [-0.15, -0.1) is 5.56 Å². The van der Waals surface area contributed by atoms with Gasteiger partial charge in [0.05, 0.1) is 0 Å². The van der Waals surface area contributed by atoms with Gasteiger partial charge in [-0.25, -0.2) is 4.39 Å². The van der Waals surface area contributed by atoms with E-state index in [1.807, 2.05) is 48.5 Å². The van der Waals surface area contributed by atoms with Crippen molar-refractivity contribution in [3.63, 3.8) is 0 Å². The summed E-state index contributed by atoms with van der Waals surface area (Å²) in [5.74, 6) is -1.64. The minimum absolute atomic E-state index is 0. The fourth-order valence-electron chi connectivity index (χ4n) is 3.31. The third-order valence-corrected chi connectivity index (χ3v) is 4.69. The Kier molecular flexibility index (Phi) is 6.44. The first-order valence-corrected chi connectivity index (χ1v) is 8.34. The Balaban J connectivity index is 0.00000196. The summed E-state index contributed by atoms with van der Waals surface area (Å²) < 4.78 is 33.9. The van der Waals surface area contributed by atoms with E-state index in [4.69, 9.17) is 4.74 Å². The van der Waals surface area contributed by atoms with Crippen LogP contribution in [0.4, 0.5) is 8.78 Å². The molecule has 1 unspecified atom stereocenters. The molecule has 1 aliphatic heterocycles. The molecule has 4 heteroatoms. The van der Waals surface area contributed by atoms with Crippen molar-refractivity contribution in [1.82, 2.24) is 0 Å². The molecule has 0 saturated carbocycles. The summed E-state index contributed by atoms with van der Waals surface area (Å²) in [6, 6.07) is 20.5. The van der Waals surface area contributed by atoms with E-state index < -0.39 is 11.6 Å². The fraction of sp³-hybridized carbons (Fsp3) is 0.182. The van der Waals surface area contributed by atoms with E-state index in [2.05, 4.69) is 6.07 Å². The number of rotatable bonds is 2. The number of aryl methyl sites for hydroxylation is 2. The Morgan fingerprint density at radius 3 is 2.31 bits per heavy atom. The van der Waals surface area contributed by atoms with Crippen LogP contribution in [0, 0.1) is 24.6 Å². The Labute approximate surface area is 201 Å². The quantitative estimate of drug-likeness (QED) is 0.579. The van der Waals surface area contributed by atoms with Gasteiger partial charge >= 0.3 is 58.2 Å². The predicted molar refractivity (Wildman–Crippen MR) is 93.5 cm³/mol. The molecule has 0 spiro atoms. The van der Waals surface area contributed by atoms with Crippen LogP contribution < -0.4 is 62.9 Å². The molecule has 26 heavy (non-hydrogen) atoms. The average molecular weight is 421 g/mol. The molecular weight excluding hydrogens is 404 g/mol. The van der Waals surface area contributed by atoms with Crippen molar-refractivity contribution in [2.45, 2.75) is 25.9 Å². The zero-order chi connectivity index (χ0) is 17.4. The van der Waals surface area contributed by atoms with Gasteiger partial charge in [-0.3, -0.25) is 0 Å². The summed E-state index contributed by atoms with van der Waals surface area (Å²) >= 11 is 0. The van der Waals surface area contributed by atoms with Gasteiger partial charge in [0.25, 0.3) is 0 Å². The second kappa shape index (κ2) is 8.43. The zero-order valence-corrected chi connectivity index (χ0v) is 19.8. The number of fused-ring (bicyclic) bond motifs is 1. The minimum Gasteiger partial charge on any atom is -0.482 e. The molecule has 1 heterocycles. The molecule has 0 aromatic heterocycles. The van der Waals surface area contributed by atoms with E-state index in [0.717, 1.165) is 28.7 Å². The molecule has 1 aliphatic rings. The third-order valence-electron chi connectivity index (χ3n) is 4.69. The van der Waals surface area contributed by atoms with E-state index in [9.17, 15) is 8.78 Å². The summed E-state index contributed by atoms with van der Waals surface area (Å²) in [6.45, 7) is 1.57. The second-order valence-electron chi connectivity index (χ2n) is 6.37. The first-order chi connectivity index (χ1) is 12.1. The predicted octanol–water partition coefficient (Wildman–Crippen LogP) is 2.81. The van der Waals surface area contributed by atoms with Crippen molar-refractivity contribution >= 4 is 0 Å². The standard InChI is InChI=1S/C22H17F2O.Rb/c1-14-13-18-11-12-19(25-22(18)21(24)20(14)23)17-9-7-16(8-10-17)15-5-3-2-4-6-15;/h3-10,13,19H,11-12H2,1H3;/q-1;+1. The van der Waals surface area contributed by atoms with Gasteiger partial charge in [0.15, 0.2) is 11.6 Å². The van der Waals surface area contributed by atoms with Crippen molar-refractivity contribution in [3.8, 4) is 16.9 Å². The van der Waals surface area contributed by atoms with Crippen LogP contribution in [0.15, 0.2) is 54.6 Å². The average Bonchev–Trinajstić information content (AvgIpc) is 2.67. The van der Waals surface area contributed by atoms with Crippen LogP contribution in [0.2, 0.25) is 0 Å². The zero-order valence-electron chi connectivity index (χ0n) is 14.9. The maximum absolute atomic E-state index is 14.2. The summed E-state index contributed by atoms with van der Waals surface area (Å²) in [4.78, 5) is 0. The summed E-state index contributed by atoms with van der Waals surface area (Å²) in [7, 11) is 0. The maximum Gasteiger partial charge on any atom is 1.00 e. The van der Waals surface area contributed by atoms with Crippen LogP contribution in [0.5, 0.6) is 5.75 Å². The number of hydrogen-bond donors (Lipinski definition) is 0. The molecule has 0 radical (unpaired) electrons. The molecular formula is C22H17F2ORb. The largest absolute Gasteiger partial charge is 1.00 e. The molecule has 0 bridgehead atoms. The van der Waals surface area contributed by atoms with E-state index in [1.54, 1.807) is 13.0 Å². The topological polar surface area (TPSA) is 9.23 Å². The molecule has 3 aromatic carbocycles. The first-order valence-electron chi connectivity index (χ1n) is 8.34. The van der Waals surface area contributed by atoms with Crippen LogP contribution >= 0.6 is 0 Å². The van der Waals surface area contributed by atoms with Gasteiger partial charge in [-0.2, -0.15) is 34.7 Å². The normalized spacial score (nSPS) is 15.6. The molecule has 3 aromatic rings. The van der Waals surface area contributed by atoms with Gasteiger partial charge in [-0.05, 0) is 48.1 Å². The molecule has 0 aliphatic carbocycles. The van der Waals surface area contributed by atoms with Crippen LogP contribution in [-0.4, -0.2) is 0 Å². The molecule has 1 nitrogen and oxygen atoms in total. The van der Waals surface area contributed by atoms with Crippen molar-refractivity contribution in [3.05, 3.63) is 89.0 Å². The molecule has 0 amide bonds. The van der Waals surface area contributed by atoms with E-state index in [1.165, 1.54) is 0 Å². The van der Waals surface area contributed by atoms with Crippen molar-refractivity contribution in [2.75, 3.05) is 0 Å². The smallest absolute Gasteiger partial charge is 0.482 e. The van der Waals surface area contributed by atoms with Gasteiger partial charge < -0.3 is 4.74 Å². The minimum atomic E-state index is -0.878. The number of hydrogen-bond acceptors (Lipinski definition) is 1. The van der Waals surface area contributed by atoms with Crippen LogP contribution in [0.3, 0.4) is 0 Å². The number of halogens is 2. The number of benzene rings is 3. The van der Waals surface area contributed by atoms with Gasteiger partial charge in [0.1, 0.15) is 6.10 Å². The van der Waals surface area contributed by atoms with Crippen molar-refractivity contribution in [2.24, 2.45) is 0 Å². The summed E-state index contributed by atoms with van der Waals surface area (Å²) in [5, 5.41) is 0. The second-order valence-corrected chi connectivity index (χ2v) is 6.37. The van der Waals surface area contributed by atoms with Crippen LogP contribution in [-0.2, 0) is 6.42 Å². The monoisotopic (exact) mass is 420 g/mol. The molecule has 0 N–H and O–H groups in total. The first kappa shape index (κ1) is 19.9. The van der Waals surface area contributed by atoms with E-state index >= 15 is 0 Å². The Morgan fingerprint density at radius 1 is 0.962 bits per heavy atom. The van der Waals surface area contributed by atoms with E-state index in [0.29, 0.717) is 12.0 Å². The molecule has 4 rings (SSSR count). The SMILES string of the molecule is Cc1cc2c(c(F)c1F)OC(c1ccc(-c3cc[c-]cc3)cc1)CC2.[Rb+]. The number of ether oxygens (including phenoxy) is 1. The Bertz CT molecular complexity index is 908. The molecule has 1 atom stereocenters. The van der Waals surface area contributed by atoms with Crippen molar-refractivity contribution in [1.29, 1.82) is 0 Å². The van der Waals surface area contributed by atoms with Crippen molar-refractivity contribution < 1.29 is 71.7 Å². The third kappa shape index (κ3) is 3.86. The molecule has 126 valence electrons. The Hall–Kier alpha value is -0.875. The Morgan fingerprint density at radius 2 is 1.62 bits per heavy atom. The maximum atomic E-state index is 14.2. The van der Waals surface area contributed by atoms with Gasteiger partial charge in [0.2, 0.25) is 5.82 Å². The van der Waals surface area contributed by atoms with Gasteiger partial charge in [0, 0.05) is 0 Å². The fourth-order valence-corrected chi connectivity index (χ4v) is 3.31. The molecule has 0 fully saturated rings. The summed E-state index contributed by atoms with van der Waals surface area (Å²) in [6.07, 6.45) is 1.16. The van der Waals surface area contributed by atoms with E-state index in [-0.39, 0.29) is 70.0 Å². The summed E-state index contributed by atoms with van der Waals surface area (Å²) in [5.41, 5.74) is 4.25. The van der Waals surface area contributed by atoms with Crippen LogP contribution in [0.25, 0.3) is 11.1 Å². The van der Waals surface area contributed by atoms with Gasteiger partial charge in [-0.1, -0.05) is 24.3 Å².